The Balaban J connectivity index is 1.77. The maximum absolute atomic E-state index is 11.7. The molecule has 0 unspecified atom stereocenters. The zero-order valence-electron chi connectivity index (χ0n) is 11.6. The van der Waals surface area contributed by atoms with E-state index in [1.54, 1.807) is 28.9 Å². The van der Waals surface area contributed by atoms with E-state index in [1.807, 2.05) is 19.3 Å². The summed E-state index contributed by atoms with van der Waals surface area (Å²) in [5.74, 6) is 0.377. The normalized spacial score (nSPS) is 10.1. The number of hydrogen-bond donors (Lipinski definition) is 2. The summed E-state index contributed by atoms with van der Waals surface area (Å²) < 4.78 is 7.06. The quantitative estimate of drug-likeness (QED) is 0.770. The van der Waals surface area contributed by atoms with E-state index in [0.29, 0.717) is 17.3 Å². The molecule has 0 fully saturated rings. The molecule has 2 aromatic rings. The average Bonchev–Trinajstić information content (AvgIpc) is 2.89. The Morgan fingerprint density at radius 1 is 1.38 bits per heavy atom. The van der Waals surface area contributed by atoms with E-state index in [-0.39, 0.29) is 12.5 Å². The van der Waals surface area contributed by atoms with Crippen LogP contribution in [-0.4, -0.2) is 27.3 Å². The van der Waals surface area contributed by atoms with Crippen molar-refractivity contribution < 1.29 is 9.53 Å². The summed E-state index contributed by atoms with van der Waals surface area (Å²) in [5.41, 5.74) is 7.06. The number of aryl methyl sites for hydroxylation is 1. The van der Waals surface area contributed by atoms with E-state index < -0.39 is 0 Å². The maximum Gasteiger partial charge on any atom is 0.258 e. The van der Waals surface area contributed by atoms with Crippen molar-refractivity contribution in [2.24, 2.45) is 12.8 Å². The molecular formula is C14H16N4O2S. The Morgan fingerprint density at radius 3 is 2.67 bits per heavy atom. The molecule has 0 saturated carbocycles. The Hall–Kier alpha value is -2.41. The molecule has 110 valence electrons. The van der Waals surface area contributed by atoms with Gasteiger partial charge in [0.2, 0.25) is 0 Å². The van der Waals surface area contributed by atoms with Crippen LogP contribution in [0, 0.1) is 0 Å². The standard InChI is InChI=1S/C14H16N4O2S/c1-18-7-6-11(17-18)8-16-13(19)9-20-12-4-2-10(3-5-12)14(15)21/h2-7H,8-9H2,1H3,(H2,15,21)(H,16,19). The minimum Gasteiger partial charge on any atom is -0.484 e. The first-order chi connectivity index (χ1) is 10.0. The van der Waals surface area contributed by atoms with Gasteiger partial charge < -0.3 is 15.8 Å². The third-order valence-corrected chi connectivity index (χ3v) is 2.98. The predicted octanol–water partition coefficient (Wildman–Crippen LogP) is 0.749. The number of ether oxygens (including phenoxy) is 1. The lowest BCUT2D eigenvalue weighted by molar-refractivity contribution is -0.123. The van der Waals surface area contributed by atoms with E-state index in [1.165, 1.54) is 0 Å². The van der Waals surface area contributed by atoms with Gasteiger partial charge in [0.15, 0.2) is 6.61 Å². The number of benzene rings is 1. The van der Waals surface area contributed by atoms with Crippen molar-refractivity contribution in [1.82, 2.24) is 15.1 Å². The summed E-state index contributed by atoms with van der Waals surface area (Å²) in [7, 11) is 1.82. The van der Waals surface area contributed by atoms with Gasteiger partial charge in [-0.25, -0.2) is 0 Å². The first-order valence-electron chi connectivity index (χ1n) is 6.32. The van der Waals surface area contributed by atoms with Crippen LogP contribution in [0.25, 0.3) is 0 Å². The van der Waals surface area contributed by atoms with Crippen molar-refractivity contribution >= 4 is 23.1 Å². The molecule has 0 aliphatic heterocycles. The van der Waals surface area contributed by atoms with Gasteiger partial charge in [0.1, 0.15) is 10.7 Å². The Labute approximate surface area is 127 Å². The third-order valence-electron chi connectivity index (χ3n) is 2.74. The van der Waals surface area contributed by atoms with Gasteiger partial charge in [-0.2, -0.15) is 5.10 Å². The van der Waals surface area contributed by atoms with Crippen LogP contribution in [0.4, 0.5) is 0 Å². The number of amides is 1. The number of nitrogens with one attached hydrogen (secondary N) is 1. The molecule has 0 spiro atoms. The highest BCUT2D eigenvalue weighted by atomic mass is 32.1. The van der Waals surface area contributed by atoms with Gasteiger partial charge in [0.05, 0.1) is 12.2 Å². The van der Waals surface area contributed by atoms with Crippen LogP contribution >= 0.6 is 12.2 Å². The molecule has 3 N–H and O–H groups in total. The molecule has 6 nitrogen and oxygen atoms in total. The predicted molar refractivity (Wildman–Crippen MR) is 82.9 cm³/mol. The van der Waals surface area contributed by atoms with Crippen molar-refractivity contribution in [1.29, 1.82) is 0 Å². The largest absolute Gasteiger partial charge is 0.484 e. The number of carbonyl (C=O) groups is 1. The minimum absolute atomic E-state index is 0.0563. The average molecular weight is 304 g/mol. The van der Waals surface area contributed by atoms with Crippen LogP contribution in [0.1, 0.15) is 11.3 Å². The molecule has 0 atom stereocenters. The van der Waals surface area contributed by atoms with Crippen molar-refractivity contribution in [2.75, 3.05) is 6.61 Å². The second-order valence-electron chi connectivity index (χ2n) is 4.43. The number of thiocarbonyl (C=S) groups is 1. The molecule has 7 heteroatoms. The summed E-state index contributed by atoms with van der Waals surface area (Å²) in [6, 6.07) is 8.80. The molecular weight excluding hydrogens is 288 g/mol. The molecule has 0 aliphatic rings. The minimum atomic E-state index is -0.209. The van der Waals surface area contributed by atoms with E-state index in [0.717, 1.165) is 11.3 Å². The van der Waals surface area contributed by atoms with Crippen molar-refractivity contribution in [3.63, 3.8) is 0 Å². The zero-order valence-corrected chi connectivity index (χ0v) is 12.4. The van der Waals surface area contributed by atoms with Crippen LogP contribution < -0.4 is 15.8 Å². The highest BCUT2D eigenvalue weighted by Crippen LogP contribution is 2.11. The maximum atomic E-state index is 11.7. The van der Waals surface area contributed by atoms with Gasteiger partial charge >= 0.3 is 0 Å². The highest BCUT2D eigenvalue weighted by Gasteiger charge is 2.04. The molecule has 0 bridgehead atoms. The Bertz CT molecular complexity index is 637. The first-order valence-corrected chi connectivity index (χ1v) is 6.73. The topological polar surface area (TPSA) is 82.2 Å². The molecule has 1 aromatic heterocycles. The molecule has 0 saturated heterocycles. The third kappa shape index (κ3) is 4.57. The number of hydrogen-bond acceptors (Lipinski definition) is 4. The van der Waals surface area contributed by atoms with Gasteiger partial charge in [-0.05, 0) is 30.3 Å². The lowest BCUT2D eigenvalue weighted by Gasteiger charge is -2.07. The van der Waals surface area contributed by atoms with Gasteiger partial charge in [-0.3, -0.25) is 9.48 Å². The number of nitrogens with zero attached hydrogens (tertiary/aromatic N) is 2. The molecule has 0 radical (unpaired) electrons. The van der Waals surface area contributed by atoms with E-state index in [9.17, 15) is 4.79 Å². The number of carbonyl (C=O) groups excluding carboxylic acids is 1. The first kappa shape index (κ1) is 15.0. The highest BCUT2D eigenvalue weighted by molar-refractivity contribution is 7.80. The SMILES string of the molecule is Cn1ccc(CNC(=O)COc2ccc(C(N)=S)cc2)n1. The fourth-order valence-corrected chi connectivity index (χ4v) is 1.80. The van der Waals surface area contributed by atoms with Gasteiger partial charge in [-0.15, -0.1) is 0 Å². The molecule has 2 rings (SSSR count). The molecule has 1 amide bonds. The van der Waals surface area contributed by atoms with E-state index >= 15 is 0 Å². The second-order valence-corrected chi connectivity index (χ2v) is 4.87. The summed E-state index contributed by atoms with van der Waals surface area (Å²) in [5, 5.41) is 6.90. The van der Waals surface area contributed by atoms with Gasteiger partial charge in [0, 0.05) is 18.8 Å². The fourth-order valence-electron chi connectivity index (χ4n) is 1.66. The Morgan fingerprint density at radius 2 is 2.10 bits per heavy atom. The van der Waals surface area contributed by atoms with Crippen molar-refractivity contribution in [3.05, 3.63) is 47.8 Å². The summed E-state index contributed by atoms with van der Waals surface area (Å²) in [6.45, 7) is 0.322. The van der Waals surface area contributed by atoms with Crippen molar-refractivity contribution in [2.45, 2.75) is 6.54 Å². The zero-order chi connectivity index (χ0) is 15.2. The lowest BCUT2D eigenvalue weighted by Crippen LogP contribution is -2.28. The van der Waals surface area contributed by atoms with Gasteiger partial charge in [0.25, 0.3) is 5.91 Å². The van der Waals surface area contributed by atoms with Gasteiger partial charge in [-0.1, -0.05) is 12.2 Å². The fraction of sp³-hybridized carbons (Fsp3) is 0.214. The van der Waals surface area contributed by atoms with E-state index in [2.05, 4.69) is 10.4 Å². The molecule has 0 aliphatic carbocycles. The second kappa shape index (κ2) is 6.85. The van der Waals surface area contributed by atoms with E-state index in [4.69, 9.17) is 22.7 Å². The van der Waals surface area contributed by atoms with Crippen LogP contribution in [0.2, 0.25) is 0 Å². The monoisotopic (exact) mass is 304 g/mol. The van der Waals surface area contributed by atoms with Crippen LogP contribution in [0.5, 0.6) is 5.75 Å². The molecule has 1 heterocycles. The molecule has 1 aromatic carbocycles. The lowest BCUT2D eigenvalue weighted by atomic mass is 10.2. The number of nitrogens with two attached hydrogens (primary N) is 1. The summed E-state index contributed by atoms with van der Waals surface area (Å²) in [4.78, 5) is 12.0. The summed E-state index contributed by atoms with van der Waals surface area (Å²) in [6.07, 6.45) is 1.82. The van der Waals surface area contributed by atoms with Crippen LogP contribution in [-0.2, 0) is 18.4 Å². The van der Waals surface area contributed by atoms with Crippen LogP contribution in [0.15, 0.2) is 36.5 Å². The Kier molecular flexibility index (Phi) is 4.89. The smallest absolute Gasteiger partial charge is 0.258 e. The summed E-state index contributed by atoms with van der Waals surface area (Å²) >= 11 is 4.86. The number of aromatic nitrogens is 2. The van der Waals surface area contributed by atoms with Crippen molar-refractivity contribution in [3.8, 4) is 5.75 Å². The van der Waals surface area contributed by atoms with Crippen LogP contribution in [0.3, 0.4) is 0 Å². The molecule has 21 heavy (non-hydrogen) atoms. The number of rotatable bonds is 6.